The molecule has 0 fully saturated rings. The number of aromatic nitrogens is 1. The average molecular weight is 294 g/mol. The van der Waals surface area contributed by atoms with E-state index in [0.29, 0.717) is 12.1 Å². The van der Waals surface area contributed by atoms with Crippen LogP contribution in [0.2, 0.25) is 0 Å². The lowest BCUT2D eigenvalue weighted by atomic mass is 10.1. The summed E-state index contributed by atoms with van der Waals surface area (Å²) in [5, 5.41) is 13.4. The van der Waals surface area contributed by atoms with Crippen LogP contribution in [0.3, 0.4) is 0 Å². The number of nitrogens with one attached hydrogen (secondary N) is 2. The SMILES string of the molecule is Cc1cccc(CO)c1NC(=O)Cc1c[nH]c2ccccc12. The molecule has 112 valence electrons. The molecule has 0 radical (unpaired) electrons. The number of para-hydroxylation sites is 2. The van der Waals surface area contributed by atoms with Crippen molar-refractivity contribution in [1.82, 2.24) is 4.98 Å². The van der Waals surface area contributed by atoms with E-state index in [4.69, 9.17) is 0 Å². The maximum Gasteiger partial charge on any atom is 0.228 e. The van der Waals surface area contributed by atoms with E-state index in [1.54, 1.807) is 0 Å². The first-order valence-corrected chi connectivity index (χ1v) is 7.23. The number of aliphatic hydroxyl groups is 1. The van der Waals surface area contributed by atoms with E-state index in [2.05, 4.69) is 10.3 Å². The topological polar surface area (TPSA) is 65.1 Å². The van der Waals surface area contributed by atoms with Crippen LogP contribution in [-0.4, -0.2) is 16.0 Å². The van der Waals surface area contributed by atoms with Crippen molar-refractivity contribution < 1.29 is 9.90 Å². The minimum absolute atomic E-state index is 0.0891. The Hall–Kier alpha value is -2.59. The lowest BCUT2D eigenvalue weighted by molar-refractivity contribution is -0.115. The van der Waals surface area contributed by atoms with Gasteiger partial charge in [-0.2, -0.15) is 0 Å². The third kappa shape index (κ3) is 2.73. The highest BCUT2D eigenvalue weighted by Crippen LogP contribution is 2.22. The van der Waals surface area contributed by atoms with Crippen molar-refractivity contribution in [3.05, 3.63) is 65.4 Å². The van der Waals surface area contributed by atoms with Crippen LogP contribution >= 0.6 is 0 Å². The summed E-state index contributed by atoms with van der Waals surface area (Å²) >= 11 is 0. The molecule has 0 aliphatic heterocycles. The number of hydrogen-bond acceptors (Lipinski definition) is 2. The summed E-state index contributed by atoms with van der Waals surface area (Å²) in [5.74, 6) is -0.0891. The largest absolute Gasteiger partial charge is 0.392 e. The second-order valence-corrected chi connectivity index (χ2v) is 5.35. The number of hydrogen-bond donors (Lipinski definition) is 3. The molecule has 1 heterocycles. The van der Waals surface area contributed by atoms with Crippen LogP contribution < -0.4 is 5.32 Å². The summed E-state index contributed by atoms with van der Waals surface area (Å²) in [5.41, 5.74) is 4.37. The Morgan fingerprint density at radius 2 is 1.95 bits per heavy atom. The van der Waals surface area contributed by atoms with Crippen molar-refractivity contribution in [2.45, 2.75) is 20.0 Å². The summed E-state index contributed by atoms with van der Waals surface area (Å²) in [6, 6.07) is 13.5. The standard InChI is InChI=1S/C18H18N2O2/c1-12-5-4-6-13(11-21)18(12)20-17(22)9-14-10-19-16-8-3-2-7-15(14)16/h2-8,10,19,21H,9,11H2,1H3,(H,20,22). The number of H-pyrrole nitrogens is 1. The Morgan fingerprint density at radius 1 is 1.14 bits per heavy atom. The van der Waals surface area contributed by atoms with Crippen molar-refractivity contribution in [1.29, 1.82) is 0 Å². The first-order valence-electron chi connectivity index (χ1n) is 7.23. The van der Waals surface area contributed by atoms with Gasteiger partial charge in [0.15, 0.2) is 0 Å². The fourth-order valence-electron chi connectivity index (χ4n) is 2.67. The van der Waals surface area contributed by atoms with E-state index < -0.39 is 0 Å². The Morgan fingerprint density at radius 3 is 2.77 bits per heavy atom. The smallest absolute Gasteiger partial charge is 0.228 e. The van der Waals surface area contributed by atoms with Crippen LogP contribution in [0.15, 0.2) is 48.7 Å². The number of carbonyl (C=O) groups is 1. The summed E-state index contributed by atoms with van der Waals surface area (Å²) in [6.07, 6.45) is 2.16. The highest BCUT2D eigenvalue weighted by atomic mass is 16.3. The number of aryl methyl sites for hydroxylation is 1. The molecule has 3 aromatic rings. The van der Waals surface area contributed by atoms with Crippen LogP contribution in [0.1, 0.15) is 16.7 Å². The van der Waals surface area contributed by atoms with Crippen LogP contribution in [0.4, 0.5) is 5.69 Å². The maximum absolute atomic E-state index is 12.3. The van der Waals surface area contributed by atoms with E-state index >= 15 is 0 Å². The molecule has 1 amide bonds. The molecule has 0 saturated heterocycles. The van der Waals surface area contributed by atoms with Crippen LogP contribution in [0, 0.1) is 6.92 Å². The van der Waals surface area contributed by atoms with Gasteiger partial charge in [0.1, 0.15) is 0 Å². The molecule has 3 rings (SSSR count). The average Bonchev–Trinajstić information content (AvgIpc) is 2.92. The van der Waals surface area contributed by atoms with Crippen molar-refractivity contribution >= 4 is 22.5 Å². The van der Waals surface area contributed by atoms with Gasteiger partial charge < -0.3 is 15.4 Å². The van der Waals surface area contributed by atoms with Crippen molar-refractivity contribution in [3.63, 3.8) is 0 Å². The summed E-state index contributed by atoms with van der Waals surface area (Å²) in [6.45, 7) is 1.82. The van der Waals surface area contributed by atoms with Gasteiger partial charge in [0.2, 0.25) is 5.91 Å². The highest BCUT2D eigenvalue weighted by Gasteiger charge is 2.12. The van der Waals surface area contributed by atoms with Gasteiger partial charge in [0.05, 0.1) is 13.0 Å². The predicted octanol–water partition coefficient (Wildman–Crippen LogP) is 3.15. The zero-order chi connectivity index (χ0) is 15.5. The minimum Gasteiger partial charge on any atom is -0.392 e. The summed E-state index contributed by atoms with van der Waals surface area (Å²) in [4.78, 5) is 15.5. The molecule has 1 aromatic heterocycles. The predicted molar refractivity (Wildman–Crippen MR) is 87.7 cm³/mol. The molecule has 0 saturated carbocycles. The molecule has 2 aromatic carbocycles. The van der Waals surface area contributed by atoms with Crippen LogP contribution in [-0.2, 0) is 17.8 Å². The van der Waals surface area contributed by atoms with Crippen LogP contribution in [0.5, 0.6) is 0 Å². The van der Waals surface area contributed by atoms with E-state index in [-0.39, 0.29) is 12.5 Å². The molecule has 0 unspecified atom stereocenters. The normalized spacial score (nSPS) is 10.8. The van der Waals surface area contributed by atoms with Gasteiger partial charge in [-0.1, -0.05) is 36.4 Å². The quantitative estimate of drug-likeness (QED) is 0.692. The molecular formula is C18H18N2O2. The molecule has 0 atom stereocenters. The number of rotatable bonds is 4. The number of aromatic amines is 1. The van der Waals surface area contributed by atoms with Crippen molar-refractivity contribution in [3.8, 4) is 0 Å². The zero-order valence-electron chi connectivity index (χ0n) is 12.4. The first-order chi connectivity index (χ1) is 10.7. The fraction of sp³-hybridized carbons (Fsp3) is 0.167. The van der Waals surface area contributed by atoms with E-state index in [1.807, 2.05) is 55.6 Å². The monoisotopic (exact) mass is 294 g/mol. The second kappa shape index (κ2) is 6.03. The molecule has 0 bridgehead atoms. The summed E-state index contributed by atoms with van der Waals surface area (Å²) in [7, 11) is 0. The Bertz CT molecular complexity index is 821. The minimum atomic E-state index is -0.0929. The molecule has 0 aliphatic carbocycles. The van der Waals surface area contributed by atoms with Gasteiger partial charge in [-0.25, -0.2) is 0 Å². The molecule has 4 heteroatoms. The van der Waals surface area contributed by atoms with Gasteiger partial charge >= 0.3 is 0 Å². The number of benzene rings is 2. The molecule has 4 nitrogen and oxygen atoms in total. The maximum atomic E-state index is 12.3. The second-order valence-electron chi connectivity index (χ2n) is 5.35. The lowest BCUT2D eigenvalue weighted by Crippen LogP contribution is -2.16. The van der Waals surface area contributed by atoms with Crippen molar-refractivity contribution in [2.75, 3.05) is 5.32 Å². The van der Waals surface area contributed by atoms with E-state index in [9.17, 15) is 9.90 Å². The van der Waals surface area contributed by atoms with Crippen LogP contribution in [0.25, 0.3) is 10.9 Å². The first kappa shape index (κ1) is 14.4. The fourth-order valence-corrected chi connectivity index (χ4v) is 2.67. The highest BCUT2D eigenvalue weighted by molar-refractivity contribution is 5.96. The number of amides is 1. The molecular weight excluding hydrogens is 276 g/mol. The number of fused-ring (bicyclic) bond motifs is 1. The Balaban J connectivity index is 1.81. The molecule has 0 spiro atoms. The van der Waals surface area contributed by atoms with E-state index in [1.165, 1.54) is 0 Å². The number of aliphatic hydroxyl groups excluding tert-OH is 1. The number of anilines is 1. The van der Waals surface area contributed by atoms with Gasteiger partial charge in [0.25, 0.3) is 0 Å². The molecule has 3 N–H and O–H groups in total. The Kier molecular flexibility index (Phi) is 3.94. The number of carbonyl (C=O) groups excluding carboxylic acids is 1. The van der Waals surface area contributed by atoms with Gasteiger partial charge in [-0.05, 0) is 24.1 Å². The van der Waals surface area contributed by atoms with Crippen molar-refractivity contribution in [2.24, 2.45) is 0 Å². The Labute approximate surface area is 128 Å². The third-order valence-electron chi connectivity index (χ3n) is 3.82. The molecule has 0 aliphatic rings. The molecule has 22 heavy (non-hydrogen) atoms. The van der Waals surface area contributed by atoms with Gasteiger partial charge in [0, 0.05) is 28.4 Å². The lowest BCUT2D eigenvalue weighted by Gasteiger charge is -2.12. The third-order valence-corrected chi connectivity index (χ3v) is 3.82. The van der Waals surface area contributed by atoms with Gasteiger partial charge in [-0.15, -0.1) is 0 Å². The zero-order valence-corrected chi connectivity index (χ0v) is 12.4. The summed E-state index contributed by atoms with van der Waals surface area (Å²) < 4.78 is 0. The van der Waals surface area contributed by atoms with E-state index in [0.717, 1.165) is 27.6 Å². The van der Waals surface area contributed by atoms with Gasteiger partial charge in [-0.3, -0.25) is 4.79 Å².